The number of alkyl halides is 2. The van der Waals surface area contributed by atoms with Gasteiger partial charge in [0.15, 0.2) is 5.78 Å². The lowest BCUT2D eigenvalue weighted by atomic mass is 10.1. The summed E-state index contributed by atoms with van der Waals surface area (Å²) in [6.45, 7) is -1.79. The van der Waals surface area contributed by atoms with E-state index in [0.717, 1.165) is 6.07 Å². The van der Waals surface area contributed by atoms with Crippen LogP contribution < -0.4 is 4.74 Å². The van der Waals surface area contributed by atoms with Gasteiger partial charge in [-0.05, 0) is 19.1 Å². The molecule has 84 valence electrons. The average molecular weight is 246 g/mol. The van der Waals surface area contributed by atoms with E-state index < -0.39 is 6.61 Å². The molecule has 6 heteroatoms. The normalized spacial score (nSPS) is 10.0. The van der Waals surface area contributed by atoms with Gasteiger partial charge in [0.05, 0.1) is 5.02 Å². The van der Waals surface area contributed by atoms with Crippen LogP contribution in [0.3, 0.4) is 0 Å². The third-order valence-electron chi connectivity index (χ3n) is 1.81. The Bertz CT molecular complexity index is 469. The number of carbonyl (C=O) groups excluding carboxylic acids is 1. The predicted octanol–water partition coefficient (Wildman–Crippen LogP) is 3.02. The van der Waals surface area contributed by atoms with E-state index in [9.17, 15) is 13.6 Å². The van der Waals surface area contributed by atoms with Gasteiger partial charge in [-0.2, -0.15) is 14.0 Å². The number of carbonyl (C=O) groups is 1. The number of ether oxygens (including phenoxy) is 1. The Hall–Kier alpha value is -1.67. The second-order valence-electron chi connectivity index (χ2n) is 2.85. The van der Waals surface area contributed by atoms with Crippen LogP contribution >= 0.6 is 11.6 Å². The molecule has 0 heterocycles. The molecule has 0 fully saturated rings. The van der Waals surface area contributed by atoms with Crippen molar-refractivity contribution in [2.75, 3.05) is 0 Å². The minimum Gasteiger partial charge on any atom is -0.433 e. The van der Waals surface area contributed by atoms with E-state index in [4.69, 9.17) is 16.9 Å². The molecule has 0 saturated carbocycles. The van der Waals surface area contributed by atoms with Gasteiger partial charge in [-0.3, -0.25) is 4.79 Å². The Balaban J connectivity index is 3.31. The van der Waals surface area contributed by atoms with Gasteiger partial charge in [-0.1, -0.05) is 11.6 Å². The number of halogens is 3. The van der Waals surface area contributed by atoms with Crippen molar-refractivity contribution in [1.29, 1.82) is 5.26 Å². The molecule has 1 aromatic carbocycles. The summed E-state index contributed by atoms with van der Waals surface area (Å²) in [5.41, 5.74) is -0.172. The first-order valence-corrected chi connectivity index (χ1v) is 4.53. The SMILES string of the molecule is CC(=O)c1ccc(OC(F)F)c(C#N)c1Cl. The first-order valence-electron chi connectivity index (χ1n) is 4.15. The standard InChI is InChI=1S/C10H6ClF2NO2/c1-5(15)6-2-3-8(16-10(12)13)7(4-14)9(6)11/h2-3,10H,1H3. The van der Waals surface area contributed by atoms with E-state index in [-0.39, 0.29) is 27.7 Å². The third-order valence-corrected chi connectivity index (χ3v) is 2.20. The first kappa shape index (κ1) is 12.4. The van der Waals surface area contributed by atoms with Crippen LogP contribution in [0.25, 0.3) is 0 Å². The molecule has 0 aliphatic heterocycles. The van der Waals surface area contributed by atoms with Gasteiger partial charge in [0.1, 0.15) is 17.4 Å². The highest BCUT2D eigenvalue weighted by Crippen LogP contribution is 2.30. The van der Waals surface area contributed by atoms with E-state index in [1.165, 1.54) is 13.0 Å². The fraction of sp³-hybridized carbons (Fsp3) is 0.200. The largest absolute Gasteiger partial charge is 0.433 e. The average Bonchev–Trinajstić information content (AvgIpc) is 2.16. The number of benzene rings is 1. The van der Waals surface area contributed by atoms with Crippen LogP contribution in [0.4, 0.5) is 8.78 Å². The number of hydrogen-bond donors (Lipinski definition) is 0. The molecule has 0 saturated heterocycles. The molecule has 0 amide bonds. The third kappa shape index (κ3) is 2.47. The summed E-state index contributed by atoms with van der Waals surface area (Å²) in [4.78, 5) is 11.1. The molecule has 16 heavy (non-hydrogen) atoms. The van der Waals surface area contributed by atoms with Crippen molar-refractivity contribution in [1.82, 2.24) is 0 Å². The minimum absolute atomic E-state index is 0.0971. The molecule has 1 rings (SSSR count). The molecular weight excluding hydrogens is 240 g/mol. The topological polar surface area (TPSA) is 50.1 Å². The second kappa shape index (κ2) is 4.90. The Morgan fingerprint density at radius 1 is 1.56 bits per heavy atom. The lowest BCUT2D eigenvalue weighted by Gasteiger charge is -2.09. The van der Waals surface area contributed by atoms with Crippen LogP contribution in [0.5, 0.6) is 5.75 Å². The molecule has 0 aliphatic carbocycles. The molecule has 0 N–H and O–H groups in total. The molecule has 0 aliphatic rings. The quantitative estimate of drug-likeness (QED) is 0.769. The number of Topliss-reactive ketones (excluding diaryl/α,β-unsaturated/α-hetero) is 1. The number of nitrogens with zero attached hydrogens (tertiary/aromatic N) is 1. The highest BCUT2D eigenvalue weighted by Gasteiger charge is 2.17. The van der Waals surface area contributed by atoms with Crippen molar-refractivity contribution < 1.29 is 18.3 Å². The van der Waals surface area contributed by atoms with Crippen molar-refractivity contribution in [3.05, 3.63) is 28.3 Å². The van der Waals surface area contributed by atoms with E-state index in [2.05, 4.69) is 4.74 Å². The van der Waals surface area contributed by atoms with Gasteiger partial charge in [-0.15, -0.1) is 0 Å². The van der Waals surface area contributed by atoms with Crippen LogP contribution in [-0.2, 0) is 0 Å². The molecule has 3 nitrogen and oxygen atoms in total. The van der Waals surface area contributed by atoms with Crippen molar-refractivity contribution in [3.63, 3.8) is 0 Å². The Morgan fingerprint density at radius 3 is 2.62 bits per heavy atom. The van der Waals surface area contributed by atoms with Crippen LogP contribution in [-0.4, -0.2) is 12.4 Å². The zero-order chi connectivity index (χ0) is 12.3. The first-order chi connectivity index (χ1) is 7.47. The summed E-state index contributed by atoms with van der Waals surface area (Å²) in [7, 11) is 0. The van der Waals surface area contributed by atoms with Crippen molar-refractivity contribution in [3.8, 4) is 11.8 Å². The Labute approximate surface area is 95.2 Å². The van der Waals surface area contributed by atoms with Crippen LogP contribution in [0.15, 0.2) is 12.1 Å². The van der Waals surface area contributed by atoms with Gasteiger partial charge in [0.25, 0.3) is 0 Å². The maximum absolute atomic E-state index is 12.0. The van der Waals surface area contributed by atoms with E-state index >= 15 is 0 Å². The van der Waals surface area contributed by atoms with Gasteiger partial charge in [-0.25, -0.2) is 0 Å². The molecule has 0 spiro atoms. The Kier molecular flexibility index (Phi) is 3.80. The number of hydrogen-bond acceptors (Lipinski definition) is 3. The fourth-order valence-electron chi connectivity index (χ4n) is 1.13. The van der Waals surface area contributed by atoms with Crippen molar-refractivity contribution in [2.45, 2.75) is 13.5 Å². The van der Waals surface area contributed by atoms with Crippen molar-refractivity contribution >= 4 is 17.4 Å². The molecule has 1 aromatic rings. The summed E-state index contributed by atoms with van der Waals surface area (Å²) in [5, 5.41) is 8.57. The van der Waals surface area contributed by atoms with E-state index in [0.29, 0.717) is 0 Å². The molecule has 0 radical (unpaired) electrons. The smallest absolute Gasteiger partial charge is 0.387 e. The Morgan fingerprint density at radius 2 is 2.19 bits per heavy atom. The summed E-state index contributed by atoms with van der Waals surface area (Å²) in [6, 6.07) is 3.98. The van der Waals surface area contributed by atoms with Crippen LogP contribution in [0, 0.1) is 11.3 Å². The predicted molar refractivity (Wildman–Crippen MR) is 52.8 cm³/mol. The van der Waals surface area contributed by atoms with Crippen molar-refractivity contribution in [2.24, 2.45) is 0 Å². The lowest BCUT2D eigenvalue weighted by molar-refractivity contribution is -0.0500. The van der Waals surface area contributed by atoms with E-state index in [1.54, 1.807) is 6.07 Å². The zero-order valence-corrected chi connectivity index (χ0v) is 8.89. The lowest BCUT2D eigenvalue weighted by Crippen LogP contribution is -2.05. The number of nitriles is 1. The molecular formula is C10H6ClF2NO2. The van der Waals surface area contributed by atoms with Crippen LogP contribution in [0.2, 0.25) is 5.02 Å². The van der Waals surface area contributed by atoms with Gasteiger partial charge in [0, 0.05) is 5.56 Å². The second-order valence-corrected chi connectivity index (χ2v) is 3.22. The molecule has 0 unspecified atom stereocenters. The summed E-state index contributed by atoms with van der Waals surface area (Å²) >= 11 is 5.72. The number of ketones is 1. The monoisotopic (exact) mass is 245 g/mol. The summed E-state index contributed by atoms with van der Waals surface area (Å²) in [5.74, 6) is -0.697. The maximum Gasteiger partial charge on any atom is 0.387 e. The van der Waals surface area contributed by atoms with Gasteiger partial charge < -0.3 is 4.74 Å². The van der Waals surface area contributed by atoms with Gasteiger partial charge in [0.2, 0.25) is 0 Å². The maximum atomic E-state index is 12.0. The fourth-order valence-corrected chi connectivity index (χ4v) is 1.46. The highest BCUT2D eigenvalue weighted by atomic mass is 35.5. The highest BCUT2D eigenvalue weighted by molar-refractivity contribution is 6.35. The molecule has 0 bridgehead atoms. The summed E-state index contributed by atoms with van der Waals surface area (Å²) in [6.07, 6.45) is 0. The zero-order valence-electron chi connectivity index (χ0n) is 8.13. The van der Waals surface area contributed by atoms with Crippen LogP contribution in [0.1, 0.15) is 22.8 Å². The molecule has 0 atom stereocenters. The molecule has 0 aromatic heterocycles. The number of rotatable bonds is 3. The van der Waals surface area contributed by atoms with E-state index in [1.807, 2.05) is 0 Å². The van der Waals surface area contributed by atoms with Gasteiger partial charge >= 0.3 is 6.61 Å². The minimum atomic E-state index is -3.05. The summed E-state index contributed by atoms with van der Waals surface area (Å²) < 4.78 is 28.1.